The minimum absolute atomic E-state index is 0.254. The van der Waals surface area contributed by atoms with Crippen LogP contribution in [0.2, 0.25) is 0 Å². The first kappa shape index (κ1) is 15.7. The third-order valence-electron chi connectivity index (χ3n) is 2.15. The third kappa shape index (κ3) is 5.09. The molecule has 2 N–H and O–H groups in total. The Kier molecular flexibility index (Phi) is 5.25. The van der Waals surface area contributed by atoms with Crippen LogP contribution in [0.25, 0.3) is 0 Å². The number of esters is 1. The zero-order valence-corrected chi connectivity index (χ0v) is 11.9. The summed E-state index contributed by atoms with van der Waals surface area (Å²) in [4.78, 5) is 34.1. The van der Waals surface area contributed by atoms with Crippen LogP contribution >= 0.6 is 0 Å². The summed E-state index contributed by atoms with van der Waals surface area (Å²) in [6.45, 7) is 6.20. The average Bonchev–Trinajstić information content (AvgIpc) is 2.25. The highest BCUT2D eigenvalue weighted by molar-refractivity contribution is 5.97. The Morgan fingerprint density at radius 3 is 1.75 bits per heavy atom. The fraction of sp³-hybridized carbons (Fsp3) is 0.357. The summed E-state index contributed by atoms with van der Waals surface area (Å²) in [5.74, 6) is -1.06. The Morgan fingerprint density at radius 2 is 1.40 bits per heavy atom. The van der Waals surface area contributed by atoms with Crippen LogP contribution in [0, 0.1) is 0 Å². The molecular weight excluding hydrogens is 260 g/mol. The van der Waals surface area contributed by atoms with Gasteiger partial charge in [0.05, 0.1) is 11.7 Å². The highest BCUT2D eigenvalue weighted by atomic mass is 16.5. The van der Waals surface area contributed by atoms with Crippen molar-refractivity contribution >= 4 is 29.2 Å². The molecule has 0 radical (unpaired) electrons. The molecule has 1 aromatic carbocycles. The SMILES string of the molecule is CC(=O)Nc1cc(NC(C)=O)cc(C(=O)OC(C)C)c1. The molecule has 0 atom stereocenters. The van der Waals surface area contributed by atoms with Crippen LogP contribution in [0.4, 0.5) is 11.4 Å². The van der Waals surface area contributed by atoms with E-state index in [2.05, 4.69) is 10.6 Å². The molecule has 0 aromatic heterocycles. The molecule has 2 amide bonds. The van der Waals surface area contributed by atoms with E-state index in [1.54, 1.807) is 19.9 Å². The molecule has 108 valence electrons. The molecular formula is C14H18N2O4. The highest BCUT2D eigenvalue weighted by Crippen LogP contribution is 2.20. The zero-order valence-electron chi connectivity index (χ0n) is 11.9. The number of carbonyl (C=O) groups is 3. The summed E-state index contributed by atoms with van der Waals surface area (Å²) in [6.07, 6.45) is -0.254. The number of anilines is 2. The van der Waals surface area contributed by atoms with E-state index in [1.807, 2.05) is 0 Å². The van der Waals surface area contributed by atoms with Crippen LogP contribution in [-0.2, 0) is 14.3 Å². The Hall–Kier alpha value is -2.37. The molecule has 0 fully saturated rings. The van der Waals surface area contributed by atoms with Gasteiger partial charge in [-0.2, -0.15) is 0 Å². The quantitative estimate of drug-likeness (QED) is 0.827. The van der Waals surface area contributed by atoms with Crippen LogP contribution in [0.3, 0.4) is 0 Å². The number of hydrogen-bond acceptors (Lipinski definition) is 4. The van der Waals surface area contributed by atoms with Crippen molar-refractivity contribution in [1.82, 2.24) is 0 Å². The Bertz CT molecular complexity index is 504. The molecule has 20 heavy (non-hydrogen) atoms. The number of carbonyl (C=O) groups excluding carboxylic acids is 3. The molecule has 1 aromatic rings. The molecule has 0 bridgehead atoms. The Morgan fingerprint density at radius 1 is 0.950 bits per heavy atom. The summed E-state index contributed by atoms with van der Waals surface area (Å²) in [6, 6.07) is 4.56. The van der Waals surface area contributed by atoms with E-state index in [4.69, 9.17) is 4.74 Å². The minimum atomic E-state index is -0.515. The van der Waals surface area contributed by atoms with Crippen molar-refractivity contribution in [3.63, 3.8) is 0 Å². The Balaban J connectivity index is 3.11. The zero-order chi connectivity index (χ0) is 15.3. The molecule has 6 nitrogen and oxygen atoms in total. The van der Waals surface area contributed by atoms with E-state index in [1.165, 1.54) is 26.0 Å². The molecule has 0 saturated carbocycles. The van der Waals surface area contributed by atoms with E-state index >= 15 is 0 Å². The molecule has 0 aliphatic heterocycles. The molecule has 0 aliphatic carbocycles. The topological polar surface area (TPSA) is 84.5 Å². The molecule has 0 aliphatic rings. The second kappa shape index (κ2) is 6.70. The summed E-state index contributed by atoms with van der Waals surface area (Å²) >= 11 is 0. The normalized spacial score (nSPS) is 10.1. The van der Waals surface area contributed by atoms with Gasteiger partial charge < -0.3 is 15.4 Å². The first-order chi connectivity index (χ1) is 9.27. The number of ether oxygens (including phenoxy) is 1. The van der Waals surface area contributed by atoms with Crippen LogP contribution in [0.1, 0.15) is 38.1 Å². The summed E-state index contributed by atoms with van der Waals surface area (Å²) in [5, 5.41) is 5.14. The fourth-order valence-corrected chi connectivity index (χ4v) is 1.58. The highest BCUT2D eigenvalue weighted by Gasteiger charge is 2.13. The van der Waals surface area contributed by atoms with Crippen LogP contribution in [0.15, 0.2) is 18.2 Å². The van der Waals surface area contributed by atoms with Crippen LogP contribution in [-0.4, -0.2) is 23.9 Å². The lowest BCUT2D eigenvalue weighted by Crippen LogP contribution is -2.14. The summed E-state index contributed by atoms with van der Waals surface area (Å²) in [7, 11) is 0. The number of benzene rings is 1. The van der Waals surface area contributed by atoms with Gasteiger partial charge >= 0.3 is 5.97 Å². The lowest BCUT2D eigenvalue weighted by Gasteiger charge is -2.12. The fourth-order valence-electron chi connectivity index (χ4n) is 1.58. The monoisotopic (exact) mass is 278 g/mol. The van der Waals surface area contributed by atoms with Gasteiger partial charge in [-0.3, -0.25) is 9.59 Å². The van der Waals surface area contributed by atoms with Gasteiger partial charge in [0.15, 0.2) is 0 Å². The van der Waals surface area contributed by atoms with E-state index in [-0.39, 0.29) is 23.5 Å². The number of rotatable bonds is 4. The summed E-state index contributed by atoms with van der Waals surface area (Å²) < 4.78 is 5.09. The van der Waals surface area contributed by atoms with Crippen molar-refractivity contribution in [2.75, 3.05) is 10.6 Å². The van der Waals surface area contributed by atoms with Crippen molar-refractivity contribution in [2.45, 2.75) is 33.8 Å². The average molecular weight is 278 g/mol. The molecule has 0 unspecified atom stereocenters. The van der Waals surface area contributed by atoms with E-state index in [0.717, 1.165) is 0 Å². The maximum atomic E-state index is 11.9. The van der Waals surface area contributed by atoms with Crippen molar-refractivity contribution in [2.24, 2.45) is 0 Å². The smallest absolute Gasteiger partial charge is 0.338 e. The number of nitrogens with one attached hydrogen (secondary N) is 2. The molecule has 0 spiro atoms. The second-order valence-electron chi connectivity index (χ2n) is 4.62. The van der Waals surface area contributed by atoms with Gasteiger partial charge in [0, 0.05) is 25.2 Å². The molecule has 1 rings (SSSR count). The lowest BCUT2D eigenvalue weighted by atomic mass is 10.1. The van der Waals surface area contributed by atoms with Gasteiger partial charge in [0.1, 0.15) is 0 Å². The number of hydrogen-bond donors (Lipinski definition) is 2. The molecule has 6 heteroatoms. The Labute approximate surface area is 117 Å². The van der Waals surface area contributed by atoms with Gasteiger partial charge in [-0.15, -0.1) is 0 Å². The van der Waals surface area contributed by atoms with Gasteiger partial charge in [0.2, 0.25) is 11.8 Å². The van der Waals surface area contributed by atoms with Crippen LogP contribution < -0.4 is 10.6 Å². The van der Waals surface area contributed by atoms with Gasteiger partial charge in [-0.1, -0.05) is 0 Å². The first-order valence-electron chi connectivity index (χ1n) is 6.19. The molecule has 0 saturated heterocycles. The summed E-state index contributed by atoms with van der Waals surface area (Å²) in [5.41, 5.74) is 1.09. The largest absolute Gasteiger partial charge is 0.459 e. The second-order valence-corrected chi connectivity index (χ2v) is 4.62. The van der Waals surface area contributed by atoms with Gasteiger partial charge in [-0.05, 0) is 32.0 Å². The van der Waals surface area contributed by atoms with E-state index < -0.39 is 5.97 Å². The van der Waals surface area contributed by atoms with Gasteiger partial charge in [0.25, 0.3) is 0 Å². The predicted molar refractivity (Wildman–Crippen MR) is 75.6 cm³/mol. The standard InChI is InChI=1S/C14H18N2O4/c1-8(2)20-14(19)11-5-12(15-9(3)17)7-13(6-11)16-10(4)18/h5-8H,1-4H3,(H,15,17)(H,16,18). The lowest BCUT2D eigenvalue weighted by molar-refractivity contribution is -0.115. The maximum absolute atomic E-state index is 11.9. The van der Waals surface area contributed by atoms with Gasteiger partial charge in [-0.25, -0.2) is 4.79 Å². The van der Waals surface area contributed by atoms with Crippen molar-refractivity contribution < 1.29 is 19.1 Å². The van der Waals surface area contributed by atoms with E-state index in [0.29, 0.717) is 11.4 Å². The van der Waals surface area contributed by atoms with E-state index in [9.17, 15) is 14.4 Å². The van der Waals surface area contributed by atoms with Crippen molar-refractivity contribution in [1.29, 1.82) is 0 Å². The van der Waals surface area contributed by atoms with Crippen LogP contribution in [0.5, 0.6) is 0 Å². The number of amides is 2. The maximum Gasteiger partial charge on any atom is 0.338 e. The van der Waals surface area contributed by atoms with Crippen molar-refractivity contribution in [3.05, 3.63) is 23.8 Å². The predicted octanol–water partition coefficient (Wildman–Crippen LogP) is 2.17. The third-order valence-corrected chi connectivity index (χ3v) is 2.15. The molecule has 0 heterocycles. The first-order valence-corrected chi connectivity index (χ1v) is 6.19. The minimum Gasteiger partial charge on any atom is -0.459 e. The van der Waals surface area contributed by atoms with Crippen molar-refractivity contribution in [3.8, 4) is 0 Å².